The summed E-state index contributed by atoms with van der Waals surface area (Å²) in [6.45, 7) is 2.08. The van der Waals surface area contributed by atoms with E-state index in [0.717, 1.165) is 57.2 Å². The number of unbranched alkanes of at least 4 members (excludes halogenated alkanes) is 2. The minimum absolute atomic E-state index is 0.0636. The van der Waals surface area contributed by atoms with Crippen LogP contribution in [-0.4, -0.2) is 51.7 Å². The van der Waals surface area contributed by atoms with E-state index < -0.39 is 0 Å². The Morgan fingerprint density at radius 1 is 1.22 bits per heavy atom. The molecule has 1 aromatic carbocycles. The predicted octanol–water partition coefficient (Wildman–Crippen LogP) is 4.93. The third-order valence-electron chi connectivity index (χ3n) is 7.94. The highest BCUT2D eigenvalue weighted by molar-refractivity contribution is 5.91. The van der Waals surface area contributed by atoms with Crippen LogP contribution < -0.4 is 5.32 Å². The van der Waals surface area contributed by atoms with Gasteiger partial charge in [-0.1, -0.05) is 12.8 Å². The maximum absolute atomic E-state index is 13.4. The number of rotatable bonds is 11. The minimum Gasteiger partial charge on any atom is -0.442 e. The molecular formula is C28H34FN5O3. The van der Waals surface area contributed by atoms with Crippen LogP contribution in [0.25, 0.3) is 11.3 Å². The standard InChI is InChI=1S/C28H34FN5O3/c1-34-14-11-28(12-15-34)17-21(28)26(36)33-22(5-3-2-4-6-24(35)27-30-13-16-37-27)25-31-18-23(32-25)19-7-9-20(29)10-8-19/h7-10,13,16,18,21-22H,2-6,11-12,14-15,17H2,1H3,(H,31,32)(H,33,36)/t21-,22?/m1/s1. The molecule has 1 saturated heterocycles. The molecule has 2 aliphatic rings. The van der Waals surface area contributed by atoms with Crippen molar-refractivity contribution in [3.8, 4) is 11.3 Å². The lowest BCUT2D eigenvalue weighted by atomic mass is 9.91. The number of imidazole rings is 1. The van der Waals surface area contributed by atoms with Crippen molar-refractivity contribution in [2.24, 2.45) is 11.3 Å². The van der Waals surface area contributed by atoms with Crippen LogP contribution in [0.5, 0.6) is 0 Å². The van der Waals surface area contributed by atoms with Gasteiger partial charge in [-0.2, -0.15) is 0 Å². The number of likely N-dealkylation sites (tertiary alicyclic amines) is 1. The zero-order valence-corrected chi connectivity index (χ0v) is 21.2. The molecule has 0 bridgehead atoms. The van der Waals surface area contributed by atoms with E-state index in [9.17, 15) is 14.0 Å². The van der Waals surface area contributed by atoms with Gasteiger partial charge in [-0.3, -0.25) is 9.59 Å². The number of oxazole rings is 1. The quantitative estimate of drug-likeness (QED) is 0.282. The van der Waals surface area contributed by atoms with E-state index in [1.54, 1.807) is 18.3 Å². The van der Waals surface area contributed by atoms with Gasteiger partial charge in [0, 0.05) is 24.1 Å². The average molecular weight is 508 g/mol. The van der Waals surface area contributed by atoms with E-state index in [1.807, 2.05) is 0 Å². The SMILES string of the molecule is CN1CCC2(CC1)C[C@@H]2C(=O)NC(CCCCCC(=O)c1ncco1)c1nc(-c2ccc(F)cc2)c[nH]1. The molecule has 9 heteroatoms. The monoisotopic (exact) mass is 507 g/mol. The van der Waals surface area contributed by atoms with Crippen LogP contribution in [0.4, 0.5) is 4.39 Å². The molecular weight excluding hydrogens is 473 g/mol. The maximum atomic E-state index is 13.4. The highest BCUT2D eigenvalue weighted by atomic mass is 19.1. The summed E-state index contributed by atoms with van der Waals surface area (Å²) in [6, 6.07) is 5.96. The Bertz CT molecular complexity index is 1200. The van der Waals surface area contributed by atoms with E-state index in [-0.39, 0.29) is 40.8 Å². The number of ketones is 1. The molecule has 1 unspecified atom stereocenters. The number of hydrogen-bond donors (Lipinski definition) is 2. The summed E-state index contributed by atoms with van der Waals surface area (Å²) < 4.78 is 18.4. The molecule has 196 valence electrons. The molecule has 0 radical (unpaired) electrons. The molecule has 2 atom stereocenters. The Morgan fingerprint density at radius 3 is 2.73 bits per heavy atom. The van der Waals surface area contributed by atoms with E-state index in [2.05, 4.69) is 27.2 Å². The van der Waals surface area contributed by atoms with Gasteiger partial charge in [0.2, 0.25) is 11.7 Å². The second-order valence-electron chi connectivity index (χ2n) is 10.5. The first-order chi connectivity index (χ1) is 17.9. The van der Waals surface area contributed by atoms with Crippen molar-refractivity contribution in [3.05, 3.63) is 60.5 Å². The number of hydrogen-bond acceptors (Lipinski definition) is 6. The van der Waals surface area contributed by atoms with E-state index >= 15 is 0 Å². The van der Waals surface area contributed by atoms with Crippen LogP contribution in [0.1, 0.15) is 73.9 Å². The topological polar surface area (TPSA) is 104 Å². The summed E-state index contributed by atoms with van der Waals surface area (Å²) in [4.78, 5) is 39.6. The van der Waals surface area contributed by atoms with Crippen LogP contribution in [-0.2, 0) is 4.79 Å². The first kappa shape index (κ1) is 25.3. The zero-order valence-electron chi connectivity index (χ0n) is 21.2. The number of benzene rings is 1. The summed E-state index contributed by atoms with van der Waals surface area (Å²) in [7, 11) is 2.13. The number of nitrogens with one attached hydrogen (secondary N) is 2. The molecule has 1 amide bonds. The number of carbonyl (C=O) groups excluding carboxylic acids is 2. The molecule has 37 heavy (non-hydrogen) atoms. The van der Waals surface area contributed by atoms with Crippen LogP contribution in [0.15, 0.2) is 47.3 Å². The highest BCUT2D eigenvalue weighted by Crippen LogP contribution is 2.59. The number of halogens is 1. The lowest BCUT2D eigenvalue weighted by Crippen LogP contribution is -2.36. The van der Waals surface area contributed by atoms with Crippen molar-refractivity contribution in [2.75, 3.05) is 20.1 Å². The lowest BCUT2D eigenvalue weighted by molar-refractivity contribution is -0.124. The van der Waals surface area contributed by atoms with Crippen molar-refractivity contribution in [1.82, 2.24) is 25.2 Å². The molecule has 3 heterocycles. The molecule has 2 N–H and O–H groups in total. The Labute approximate surface area is 216 Å². The van der Waals surface area contributed by atoms with Gasteiger partial charge in [0.05, 0.1) is 17.9 Å². The number of H-pyrrole nitrogens is 1. The summed E-state index contributed by atoms with van der Waals surface area (Å²) >= 11 is 0. The number of carbonyl (C=O) groups is 2. The Hall–Kier alpha value is -3.33. The molecule has 1 spiro atoms. The number of Topliss-reactive ketones (excluding diaryl/α,β-unsaturated/α-hetero) is 1. The lowest BCUT2D eigenvalue weighted by Gasteiger charge is -2.30. The normalized spacial score (nSPS) is 19.6. The largest absolute Gasteiger partial charge is 0.442 e. The van der Waals surface area contributed by atoms with Crippen LogP contribution in [0, 0.1) is 17.2 Å². The van der Waals surface area contributed by atoms with E-state index in [1.165, 1.54) is 24.6 Å². The Balaban J connectivity index is 1.21. The van der Waals surface area contributed by atoms with Gasteiger partial charge in [0.1, 0.15) is 17.9 Å². The molecule has 1 saturated carbocycles. The fourth-order valence-electron chi connectivity index (χ4n) is 5.45. The Morgan fingerprint density at radius 2 is 2.00 bits per heavy atom. The predicted molar refractivity (Wildman–Crippen MR) is 136 cm³/mol. The molecule has 2 aromatic heterocycles. The van der Waals surface area contributed by atoms with Crippen molar-refractivity contribution in [2.45, 2.75) is 57.4 Å². The van der Waals surface area contributed by atoms with Crippen LogP contribution in [0.3, 0.4) is 0 Å². The fraction of sp³-hybridized carbons (Fsp3) is 0.500. The minimum atomic E-state index is -0.293. The molecule has 8 nitrogen and oxygen atoms in total. The second-order valence-corrected chi connectivity index (χ2v) is 10.5. The summed E-state index contributed by atoms with van der Waals surface area (Å²) in [5.74, 6) is 0.630. The average Bonchev–Trinajstić information content (AvgIpc) is 3.27. The Kier molecular flexibility index (Phi) is 7.50. The van der Waals surface area contributed by atoms with E-state index in [0.29, 0.717) is 24.4 Å². The first-order valence-electron chi connectivity index (χ1n) is 13.2. The van der Waals surface area contributed by atoms with E-state index in [4.69, 9.17) is 9.40 Å². The number of aromatic nitrogens is 3. The van der Waals surface area contributed by atoms with Gasteiger partial charge < -0.3 is 19.6 Å². The van der Waals surface area contributed by atoms with Gasteiger partial charge in [-0.05, 0) is 81.9 Å². The number of aromatic amines is 1. The first-order valence-corrected chi connectivity index (χ1v) is 13.2. The zero-order chi connectivity index (χ0) is 25.8. The second kappa shape index (κ2) is 11.0. The van der Waals surface area contributed by atoms with Crippen molar-refractivity contribution >= 4 is 11.7 Å². The maximum Gasteiger partial charge on any atom is 0.263 e. The third-order valence-corrected chi connectivity index (χ3v) is 7.94. The van der Waals surface area contributed by atoms with Crippen molar-refractivity contribution < 1.29 is 18.4 Å². The van der Waals surface area contributed by atoms with Crippen LogP contribution >= 0.6 is 0 Å². The summed E-state index contributed by atoms with van der Waals surface area (Å²) in [5, 5.41) is 3.28. The molecule has 1 aliphatic heterocycles. The van der Waals surface area contributed by atoms with Gasteiger partial charge in [0.15, 0.2) is 0 Å². The third kappa shape index (κ3) is 5.98. The number of piperidine rings is 1. The van der Waals surface area contributed by atoms with Crippen LogP contribution in [0.2, 0.25) is 0 Å². The van der Waals surface area contributed by atoms with Crippen molar-refractivity contribution in [1.29, 1.82) is 0 Å². The molecule has 2 fully saturated rings. The van der Waals surface area contributed by atoms with Gasteiger partial charge in [-0.25, -0.2) is 14.4 Å². The summed E-state index contributed by atoms with van der Waals surface area (Å²) in [5.41, 5.74) is 1.68. The molecule has 3 aromatic rings. The summed E-state index contributed by atoms with van der Waals surface area (Å²) in [6.07, 6.45) is 11.2. The smallest absolute Gasteiger partial charge is 0.263 e. The highest BCUT2D eigenvalue weighted by Gasteiger charge is 2.58. The number of amides is 1. The van der Waals surface area contributed by atoms with Gasteiger partial charge in [-0.15, -0.1) is 0 Å². The molecule has 5 rings (SSSR count). The van der Waals surface area contributed by atoms with Gasteiger partial charge >= 0.3 is 0 Å². The number of nitrogens with zero attached hydrogens (tertiary/aromatic N) is 3. The van der Waals surface area contributed by atoms with Crippen molar-refractivity contribution in [3.63, 3.8) is 0 Å². The fourth-order valence-corrected chi connectivity index (χ4v) is 5.45. The van der Waals surface area contributed by atoms with Gasteiger partial charge in [0.25, 0.3) is 5.89 Å². The molecule has 1 aliphatic carbocycles.